The van der Waals surface area contributed by atoms with Gasteiger partial charge in [-0.1, -0.05) is 77.3 Å². The quantitative estimate of drug-likeness (QED) is 0.119. The summed E-state index contributed by atoms with van der Waals surface area (Å²) in [6, 6.07) is 0. The highest BCUT2D eigenvalue weighted by molar-refractivity contribution is 6.74. The first-order valence-corrected chi connectivity index (χ1v) is 15.2. The van der Waals surface area contributed by atoms with Crippen LogP contribution in [0.1, 0.15) is 79.1 Å². The SMILES string of the molecule is CCCCC[C@@H](/C=C/[C@H]1C=CC(=O)[C@@H]1C/C=C\CCCC(=O)OC)O[Si](C)(C)C(C)(C)C. The Kier molecular flexibility index (Phi) is 12.4. The molecule has 0 saturated carbocycles. The highest BCUT2D eigenvalue weighted by atomic mass is 28.4. The van der Waals surface area contributed by atoms with E-state index >= 15 is 0 Å². The van der Waals surface area contributed by atoms with Gasteiger partial charge in [0, 0.05) is 18.3 Å². The predicted octanol–water partition coefficient (Wildman–Crippen LogP) is 7.17. The summed E-state index contributed by atoms with van der Waals surface area (Å²) in [5.74, 6) is 0.116. The average Bonchev–Trinajstić information content (AvgIpc) is 3.07. The Hall–Kier alpha value is -1.46. The van der Waals surface area contributed by atoms with Gasteiger partial charge in [0.05, 0.1) is 13.2 Å². The van der Waals surface area contributed by atoms with Gasteiger partial charge >= 0.3 is 5.97 Å². The molecule has 0 saturated heterocycles. The zero-order valence-electron chi connectivity index (χ0n) is 21.5. The van der Waals surface area contributed by atoms with Crippen molar-refractivity contribution in [1.82, 2.24) is 0 Å². The maximum absolute atomic E-state index is 12.4. The Labute approximate surface area is 197 Å². The highest BCUT2D eigenvalue weighted by Crippen LogP contribution is 2.38. The van der Waals surface area contributed by atoms with Crippen molar-refractivity contribution in [3.05, 3.63) is 36.5 Å². The molecule has 1 rings (SSSR count). The third-order valence-electron chi connectivity index (χ3n) is 6.74. The van der Waals surface area contributed by atoms with Crippen molar-refractivity contribution in [1.29, 1.82) is 0 Å². The van der Waals surface area contributed by atoms with Gasteiger partial charge in [0.25, 0.3) is 0 Å². The Morgan fingerprint density at radius 2 is 1.91 bits per heavy atom. The van der Waals surface area contributed by atoms with Crippen LogP contribution in [0.5, 0.6) is 0 Å². The monoisotopic (exact) mass is 462 g/mol. The fourth-order valence-electron chi connectivity index (χ4n) is 3.55. The summed E-state index contributed by atoms with van der Waals surface area (Å²) < 4.78 is 11.4. The molecule has 0 spiro atoms. The summed E-state index contributed by atoms with van der Waals surface area (Å²) in [5, 5.41) is 0.175. The molecule has 3 atom stereocenters. The highest BCUT2D eigenvalue weighted by Gasteiger charge is 2.38. The minimum Gasteiger partial charge on any atom is -0.469 e. The molecule has 1 aliphatic carbocycles. The Morgan fingerprint density at radius 3 is 2.53 bits per heavy atom. The van der Waals surface area contributed by atoms with E-state index in [2.05, 4.69) is 69.8 Å². The van der Waals surface area contributed by atoms with Gasteiger partial charge in [-0.25, -0.2) is 0 Å². The van der Waals surface area contributed by atoms with Crippen LogP contribution in [0, 0.1) is 11.8 Å². The number of ketones is 1. The van der Waals surface area contributed by atoms with Crippen molar-refractivity contribution in [2.24, 2.45) is 11.8 Å². The van der Waals surface area contributed by atoms with E-state index in [9.17, 15) is 9.59 Å². The van der Waals surface area contributed by atoms with E-state index in [0.29, 0.717) is 6.42 Å². The molecule has 4 nitrogen and oxygen atoms in total. The number of hydrogen-bond acceptors (Lipinski definition) is 4. The van der Waals surface area contributed by atoms with Crippen molar-refractivity contribution >= 4 is 20.1 Å². The Bertz CT molecular complexity index is 670. The molecular formula is C27H46O4Si. The molecular weight excluding hydrogens is 416 g/mol. The first-order valence-electron chi connectivity index (χ1n) is 12.3. The largest absolute Gasteiger partial charge is 0.469 e. The fourth-order valence-corrected chi connectivity index (χ4v) is 4.86. The standard InChI is InChI=1S/C27H46O4Si/c1-8-9-12-15-23(31-32(6,7)27(2,3)4)20-18-22-19-21-25(28)24(22)16-13-10-11-14-17-26(29)30-5/h10,13,18-24H,8-9,11-12,14-17H2,1-7H3/b13-10-,20-18+/t22-,23-,24+/m0/s1. The Balaban J connectivity index is 2.72. The zero-order chi connectivity index (χ0) is 24.2. The molecule has 0 N–H and O–H groups in total. The summed E-state index contributed by atoms with van der Waals surface area (Å²) in [6.45, 7) is 13.7. The summed E-state index contributed by atoms with van der Waals surface area (Å²) in [6.07, 6.45) is 19.8. The molecule has 0 radical (unpaired) electrons. The lowest BCUT2D eigenvalue weighted by atomic mass is 9.90. The number of methoxy groups -OCH3 is 1. The van der Waals surface area contributed by atoms with Gasteiger partial charge in [0.1, 0.15) is 0 Å². The van der Waals surface area contributed by atoms with E-state index in [1.807, 2.05) is 6.08 Å². The molecule has 0 unspecified atom stereocenters. The van der Waals surface area contributed by atoms with Crippen molar-refractivity contribution in [3.63, 3.8) is 0 Å². The van der Waals surface area contributed by atoms with Crippen LogP contribution >= 0.6 is 0 Å². The van der Waals surface area contributed by atoms with Crippen molar-refractivity contribution < 1.29 is 18.8 Å². The molecule has 0 aromatic carbocycles. The number of hydrogen-bond donors (Lipinski definition) is 0. The lowest BCUT2D eigenvalue weighted by molar-refractivity contribution is -0.140. The number of unbranched alkanes of at least 4 members (excludes halogenated alkanes) is 3. The van der Waals surface area contributed by atoms with E-state index in [1.165, 1.54) is 20.0 Å². The van der Waals surface area contributed by atoms with Crippen LogP contribution < -0.4 is 0 Å². The number of allylic oxidation sites excluding steroid dienone is 5. The smallest absolute Gasteiger partial charge is 0.305 e. The molecule has 0 fully saturated rings. The van der Waals surface area contributed by atoms with Gasteiger partial charge in [-0.3, -0.25) is 9.59 Å². The van der Waals surface area contributed by atoms with Crippen LogP contribution in [0.4, 0.5) is 0 Å². The van der Waals surface area contributed by atoms with E-state index < -0.39 is 8.32 Å². The summed E-state index contributed by atoms with van der Waals surface area (Å²) >= 11 is 0. The van der Waals surface area contributed by atoms with E-state index in [4.69, 9.17) is 4.43 Å². The van der Waals surface area contributed by atoms with Crippen LogP contribution in [0.25, 0.3) is 0 Å². The topological polar surface area (TPSA) is 52.6 Å². The van der Waals surface area contributed by atoms with Crippen LogP contribution in [0.3, 0.4) is 0 Å². The molecule has 1 aliphatic rings. The maximum Gasteiger partial charge on any atom is 0.305 e. The van der Waals surface area contributed by atoms with E-state index in [-0.39, 0.29) is 34.7 Å². The van der Waals surface area contributed by atoms with Gasteiger partial charge in [-0.15, -0.1) is 0 Å². The fraction of sp³-hybridized carbons (Fsp3) is 0.704. The van der Waals surface area contributed by atoms with E-state index in [0.717, 1.165) is 32.1 Å². The third kappa shape index (κ3) is 9.99. The van der Waals surface area contributed by atoms with Crippen LogP contribution in [0.15, 0.2) is 36.5 Å². The average molecular weight is 463 g/mol. The van der Waals surface area contributed by atoms with Gasteiger partial charge in [-0.05, 0) is 49.9 Å². The molecule has 0 amide bonds. The molecule has 0 aliphatic heterocycles. The number of rotatable bonds is 14. The molecule has 32 heavy (non-hydrogen) atoms. The van der Waals surface area contributed by atoms with Gasteiger partial charge < -0.3 is 9.16 Å². The second-order valence-corrected chi connectivity index (χ2v) is 15.2. The van der Waals surface area contributed by atoms with Crippen LogP contribution in [-0.4, -0.2) is 33.3 Å². The molecule has 5 heteroatoms. The zero-order valence-corrected chi connectivity index (χ0v) is 22.5. The minimum atomic E-state index is -1.86. The maximum atomic E-state index is 12.4. The molecule has 0 bridgehead atoms. The molecule has 182 valence electrons. The van der Waals surface area contributed by atoms with Crippen molar-refractivity contribution in [3.8, 4) is 0 Å². The number of esters is 1. The first kappa shape index (κ1) is 28.6. The van der Waals surface area contributed by atoms with Crippen molar-refractivity contribution in [2.75, 3.05) is 7.11 Å². The number of carbonyl (C=O) groups is 2. The van der Waals surface area contributed by atoms with E-state index in [1.54, 1.807) is 6.08 Å². The normalized spacial score (nSPS) is 20.5. The van der Waals surface area contributed by atoms with Gasteiger partial charge in [0.15, 0.2) is 14.1 Å². The Morgan fingerprint density at radius 1 is 1.19 bits per heavy atom. The second-order valence-electron chi connectivity index (χ2n) is 10.4. The number of ether oxygens (including phenoxy) is 1. The van der Waals surface area contributed by atoms with Gasteiger partial charge in [-0.2, -0.15) is 0 Å². The summed E-state index contributed by atoms with van der Waals surface area (Å²) in [7, 11) is -0.448. The minimum absolute atomic E-state index is 0.0349. The van der Waals surface area contributed by atoms with Crippen LogP contribution in [0.2, 0.25) is 18.1 Å². The van der Waals surface area contributed by atoms with Crippen LogP contribution in [-0.2, 0) is 18.8 Å². The predicted molar refractivity (Wildman–Crippen MR) is 136 cm³/mol. The van der Waals surface area contributed by atoms with Gasteiger partial charge in [0.2, 0.25) is 0 Å². The molecule has 0 aromatic rings. The first-order chi connectivity index (χ1) is 15.0. The second kappa shape index (κ2) is 13.9. The summed E-state index contributed by atoms with van der Waals surface area (Å²) in [5.41, 5.74) is 0. The lowest BCUT2D eigenvalue weighted by Crippen LogP contribution is -2.43. The van der Waals surface area contributed by atoms with Crippen molar-refractivity contribution in [2.45, 2.75) is 103 Å². The lowest BCUT2D eigenvalue weighted by Gasteiger charge is -2.38. The molecule has 0 aromatic heterocycles. The number of carbonyl (C=O) groups excluding carboxylic acids is 2. The third-order valence-corrected chi connectivity index (χ3v) is 11.2. The molecule has 0 heterocycles. The summed E-state index contributed by atoms with van der Waals surface area (Å²) in [4.78, 5) is 23.6.